The lowest BCUT2D eigenvalue weighted by molar-refractivity contribution is 0.0672. The molecule has 0 aliphatic carbocycles. The molecule has 4 nitrogen and oxygen atoms in total. The van der Waals surface area contributed by atoms with Gasteiger partial charge in [-0.2, -0.15) is 0 Å². The van der Waals surface area contributed by atoms with E-state index in [0.717, 1.165) is 9.60 Å². The smallest absolute Gasteiger partial charge is 0.262 e. The van der Waals surface area contributed by atoms with Crippen molar-refractivity contribution in [3.63, 3.8) is 0 Å². The van der Waals surface area contributed by atoms with Gasteiger partial charge < -0.3 is 0 Å². The Kier molecular flexibility index (Phi) is 2.92. The summed E-state index contributed by atoms with van der Waals surface area (Å²) in [5, 5.41) is 0.914. The SMILES string of the molecule is C=CCN1C(=O)c2ccc3sc4ccccc4c(=O)c3c2C1=O. The summed E-state index contributed by atoms with van der Waals surface area (Å²) in [7, 11) is 0. The first-order chi connectivity index (χ1) is 11.1. The lowest BCUT2D eigenvalue weighted by Gasteiger charge is -2.09. The molecule has 2 amide bonds. The summed E-state index contributed by atoms with van der Waals surface area (Å²) in [4.78, 5) is 39.0. The van der Waals surface area contributed by atoms with E-state index in [2.05, 4.69) is 6.58 Å². The van der Waals surface area contributed by atoms with E-state index in [1.165, 1.54) is 17.4 Å². The molecule has 0 saturated carbocycles. The van der Waals surface area contributed by atoms with Crippen molar-refractivity contribution in [2.24, 2.45) is 0 Å². The van der Waals surface area contributed by atoms with Crippen molar-refractivity contribution >= 4 is 43.3 Å². The number of carbonyl (C=O) groups is 2. The van der Waals surface area contributed by atoms with Gasteiger partial charge in [0, 0.05) is 21.3 Å². The van der Waals surface area contributed by atoms with Gasteiger partial charge in [-0.05, 0) is 24.3 Å². The normalized spacial score (nSPS) is 13.8. The number of imide groups is 1. The van der Waals surface area contributed by atoms with Crippen molar-refractivity contribution in [1.29, 1.82) is 0 Å². The number of carbonyl (C=O) groups excluding carboxylic acids is 2. The zero-order valence-electron chi connectivity index (χ0n) is 12.0. The molecule has 2 aromatic carbocycles. The van der Waals surface area contributed by atoms with Gasteiger partial charge in [0.15, 0.2) is 5.43 Å². The van der Waals surface area contributed by atoms with Crippen molar-refractivity contribution in [2.75, 3.05) is 6.54 Å². The molecule has 4 rings (SSSR count). The summed E-state index contributed by atoms with van der Waals surface area (Å²) in [6.07, 6.45) is 1.50. The van der Waals surface area contributed by atoms with Crippen LogP contribution in [0.15, 0.2) is 53.8 Å². The van der Waals surface area contributed by atoms with Gasteiger partial charge in [-0.25, -0.2) is 0 Å². The Hall–Kier alpha value is -2.79. The highest BCUT2D eigenvalue weighted by Gasteiger charge is 2.37. The molecule has 0 atom stereocenters. The summed E-state index contributed by atoms with van der Waals surface area (Å²) in [6.45, 7) is 3.71. The third-order valence-corrected chi connectivity index (χ3v) is 5.13. The van der Waals surface area contributed by atoms with E-state index in [1.54, 1.807) is 24.3 Å². The first-order valence-electron chi connectivity index (χ1n) is 7.09. The predicted octanol–water partition coefficient (Wildman–Crippen LogP) is 3.20. The van der Waals surface area contributed by atoms with Gasteiger partial charge in [-0.1, -0.05) is 18.2 Å². The van der Waals surface area contributed by atoms with Crippen molar-refractivity contribution in [3.05, 3.63) is 70.4 Å². The summed E-state index contributed by atoms with van der Waals surface area (Å²) >= 11 is 1.45. The van der Waals surface area contributed by atoms with Crippen LogP contribution < -0.4 is 5.43 Å². The first-order valence-corrected chi connectivity index (χ1v) is 7.91. The third kappa shape index (κ3) is 1.80. The number of hydrogen-bond acceptors (Lipinski definition) is 4. The van der Waals surface area contributed by atoms with Crippen LogP contribution in [-0.4, -0.2) is 23.3 Å². The van der Waals surface area contributed by atoms with Crippen molar-refractivity contribution in [3.8, 4) is 0 Å². The lowest BCUT2D eigenvalue weighted by atomic mass is 10.0. The standard InChI is InChI=1S/C18H11NO3S/c1-2-9-19-17(21)11-7-8-13-15(14(11)18(19)22)16(20)10-5-3-4-6-12(10)23-13/h2-8H,1,9H2. The molecule has 0 bridgehead atoms. The number of rotatable bonds is 2. The molecule has 2 heterocycles. The molecular formula is C18H11NO3S. The van der Waals surface area contributed by atoms with Gasteiger partial charge in [-0.15, -0.1) is 17.9 Å². The molecule has 5 heteroatoms. The topological polar surface area (TPSA) is 54.5 Å². The molecule has 23 heavy (non-hydrogen) atoms. The van der Waals surface area contributed by atoms with Crippen LogP contribution in [0.4, 0.5) is 0 Å². The highest BCUT2D eigenvalue weighted by molar-refractivity contribution is 7.24. The Bertz CT molecular complexity index is 1080. The minimum atomic E-state index is -0.421. The fourth-order valence-corrected chi connectivity index (χ4v) is 4.05. The van der Waals surface area contributed by atoms with Crippen molar-refractivity contribution in [1.82, 2.24) is 4.90 Å². The van der Waals surface area contributed by atoms with Crippen LogP contribution in [0.5, 0.6) is 0 Å². The Balaban J connectivity index is 2.14. The van der Waals surface area contributed by atoms with E-state index in [4.69, 9.17) is 0 Å². The molecule has 1 aromatic heterocycles. The average molecular weight is 321 g/mol. The maximum Gasteiger partial charge on any atom is 0.262 e. The first kappa shape index (κ1) is 13.8. The van der Waals surface area contributed by atoms with E-state index < -0.39 is 5.91 Å². The van der Waals surface area contributed by atoms with Crippen LogP contribution >= 0.6 is 11.3 Å². The molecule has 0 unspecified atom stereocenters. The maximum absolute atomic E-state index is 12.9. The Labute approximate surface area is 135 Å². The summed E-state index contributed by atoms with van der Waals surface area (Å²) in [5.74, 6) is -0.792. The molecule has 1 aliphatic rings. The fourth-order valence-electron chi connectivity index (χ4n) is 2.96. The monoisotopic (exact) mass is 321 g/mol. The molecule has 0 saturated heterocycles. The van der Waals surface area contributed by atoms with Gasteiger partial charge in [0.25, 0.3) is 11.8 Å². The number of hydrogen-bond donors (Lipinski definition) is 0. The number of amides is 2. The second kappa shape index (κ2) is 4.86. The minimum absolute atomic E-state index is 0.138. The van der Waals surface area contributed by atoms with Crippen LogP contribution in [0.1, 0.15) is 20.7 Å². The second-order valence-electron chi connectivity index (χ2n) is 5.30. The van der Waals surface area contributed by atoms with Crippen LogP contribution in [0.25, 0.3) is 20.2 Å². The zero-order valence-corrected chi connectivity index (χ0v) is 12.9. The Morgan fingerprint density at radius 3 is 2.57 bits per heavy atom. The molecule has 0 spiro atoms. The van der Waals surface area contributed by atoms with Crippen LogP contribution in [0.2, 0.25) is 0 Å². The molecule has 0 fully saturated rings. The summed E-state index contributed by atoms with van der Waals surface area (Å²) in [5.41, 5.74) is 0.318. The highest BCUT2D eigenvalue weighted by atomic mass is 32.1. The summed E-state index contributed by atoms with van der Waals surface area (Å²) < 4.78 is 1.58. The molecule has 112 valence electrons. The largest absolute Gasteiger partial charge is 0.288 e. The van der Waals surface area contributed by atoms with Crippen LogP contribution in [0, 0.1) is 0 Å². The van der Waals surface area contributed by atoms with Gasteiger partial charge in [-0.3, -0.25) is 19.3 Å². The van der Waals surface area contributed by atoms with Gasteiger partial charge in [0.05, 0.1) is 16.5 Å². The minimum Gasteiger partial charge on any atom is -0.288 e. The quantitative estimate of drug-likeness (QED) is 0.414. The molecule has 0 radical (unpaired) electrons. The number of fused-ring (bicyclic) bond motifs is 4. The van der Waals surface area contributed by atoms with Gasteiger partial charge in [0.2, 0.25) is 0 Å². The fraction of sp³-hybridized carbons (Fsp3) is 0.0556. The molecule has 0 N–H and O–H groups in total. The maximum atomic E-state index is 12.9. The molecule has 1 aliphatic heterocycles. The van der Waals surface area contributed by atoms with E-state index >= 15 is 0 Å². The molecular weight excluding hydrogens is 310 g/mol. The highest BCUT2D eigenvalue weighted by Crippen LogP contribution is 2.32. The van der Waals surface area contributed by atoms with E-state index in [-0.39, 0.29) is 23.4 Å². The van der Waals surface area contributed by atoms with Crippen molar-refractivity contribution < 1.29 is 9.59 Å². The van der Waals surface area contributed by atoms with Gasteiger partial charge >= 0.3 is 0 Å². The number of benzene rings is 2. The number of nitrogens with zero attached hydrogens (tertiary/aromatic N) is 1. The Morgan fingerprint density at radius 1 is 1.00 bits per heavy atom. The van der Waals surface area contributed by atoms with Crippen LogP contribution in [0.3, 0.4) is 0 Å². The third-order valence-electron chi connectivity index (χ3n) is 3.99. The predicted molar refractivity (Wildman–Crippen MR) is 91.2 cm³/mol. The van der Waals surface area contributed by atoms with E-state index in [0.29, 0.717) is 21.0 Å². The molecule has 3 aromatic rings. The Morgan fingerprint density at radius 2 is 1.78 bits per heavy atom. The van der Waals surface area contributed by atoms with Crippen molar-refractivity contribution in [2.45, 2.75) is 0 Å². The van der Waals surface area contributed by atoms with Gasteiger partial charge in [0.1, 0.15) is 0 Å². The average Bonchev–Trinajstić information content (AvgIpc) is 2.80. The lowest BCUT2D eigenvalue weighted by Crippen LogP contribution is -2.29. The van der Waals surface area contributed by atoms with E-state index in [1.807, 2.05) is 12.1 Å². The second-order valence-corrected chi connectivity index (χ2v) is 6.38. The zero-order chi connectivity index (χ0) is 16.1. The van der Waals surface area contributed by atoms with Crippen LogP contribution in [-0.2, 0) is 0 Å². The summed E-state index contributed by atoms with van der Waals surface area (Å²) in [6, 6.07) is 10.7. The van der Waals surface area contributed by atoms with E-state index in [9.17, 15) is 14.4 Å².